The maximum atomic E-state index is 8.78. The Bertz CT molecular complexity index is 528. The van der Waals surface area contributed by atoms with E-state index in [0.717, 1.165) is 18.7 Å². The molecule has 0 spiro atoms. The second-order valence-electron chi connectivity index (χ2n) is 4.15. The van der Waals surface area contributed by atoms with Crippen molar-refractivity contribution < 1.29 is 4.74 Å². The summed E-state index contributed by atoms with van der Waals surface area (Å²) in [6.07, 6.45) is 0.970. The molecular weight excluding hydrogens is 256 g/mol. The van der Waals surface area contributed by atoms with Crippen molar-refractivity contribution in [1.82, 2.24) is 5.32 Å². The van der Waals surface area contributed by atoms with Gasteiger partial charge >= 0.3 is 0 Å². The van der Waals surface area contributed by atoms with Gasteiger partial charge in [0.05, 0.1) is 11.6 Å². The van der Waals surface area contributed by atoms with Gasteiger partial charge in [-0.3, -0.25) is 0 Å². The van der Waals surface area contributed by atoms with Crippen LogP contribution >= 0.6 is 11.3 Å². The molecule has 0 saturated heterocycles. The molecule has 0 bridgehead atoms. The number of rotatable bonds is 6. The van der Waals surface area contributed by atoms with Crippen molar-refractivity contribution in [2.45, 2.75) is 12.5 Å². The lowest BCUT2D eigenvalue weighted by Gasteiger charge is -2.18. The van der Waals surface area contributed by atoms with Crippen LogP contribution in [-0.2, 0) is 0 Å². The molecule has 1 unspecified atom stereocenters. The van der Waals surface area contributed by atoms with Crippen LogP contribution in [0.5, 0.6) is 5.75 Å². The fraction of sp³-hybridized carbons (Fsp3) is 0.267. The van der Waals surface area contributed by atoms with E-state index in [-0.39, 0.29) is 6.10 Å². The molecule has 0 aliphatic rings. The van der Waals surface area contributed by atoms with Gasteiger partial charge in [0.15, 0.2) is 0 Å². The maximum Gasteiger partial charge on any atom is 0.134 e. The monoisotopic (exact) mass is 272 g/mol. The van der Waals surface area contributed by atoms with Gasteiger partial charge in [0.1, 0.15) is 11.9 Å². The molecule has 0 aliphatic carbocycles. The van der Waals surface area contributed by atoms with E-state index >= 15 is 0 Å². The van der Waals surface area contributed by atoms with Gasteiger partial charge in [0.25, 0.3) is 0 Å². The summed E-state index contributed by atoms with van der Waals surface area (Å²) in [5, 5.41) is 14.0. The Morgan fingerprint density at radius 3 is 2.68 bits per heavy atom. The maximum absolute atomic E-state index is 8.78. The lowest BCUT2D eigenvalue weighted by molar-refractivity contribution is 0.198. The van der Waals surface area contributed by atoms with Gasteiger partial charge in [-0.2, -0.15) is 5.26 Å². The van der Waals surface area contributed by atoms with Crippen LogP contribution in [0.2, 0.25) is 0 Å². The summed E-state index contributed by atoms with van der Waals surface area (Å²) in [7, 11) is 1.94. The Labute approximate surface area is 117 Å². The molecule has 3 nitrogen and oxygen atoms in total. The molecule has 1 atom stereocenters. The molecule has 0 aliphatic heterocycles. The van der Waals surface area contributed by atoms with Crippen LogP contribution in [0.25, 0.3) is 0 Å². The SMILES string of the molecule is CNCCC(Oc1ccc(C#N)cc1)c1cccs1. The summed E-state index contributed by atoms with van der Waals surface area (Å²) < 4.78 is 6.02. The van der Waals surface area contributed by atoms with E-state index in [1.54, 1.807) is 23.5 Å². The zero-order valence-electron chi connectivity index (χ0n) is 10.8. The average Bonchev–Trinajstić information content (AvgIpc) is 2.98. The van der Waals surface area contributed by atoms with Gasteiger partial charge in [-0.1, -0.05) is 6.07 Å². The first-order valence-electron chi connectivity index (χ1n) is 6.18. The minimum absolute atomic E-state index is 0.0559. The van der Waals surface area contributed by atoms with E-state index < -0.39 is 0 Å². The minimum Gasteiger partial charge on any atom is -0.485 e. The average molecular weight is 272 g/mol. The van der Waals surface area contributed by atoms with Gasteiger partial charge in [-0.15, -0.1) is 11.3 Å². The van der Waals surface area contributed by atoms with Crippen LogP contribution in [0, 0.1) is 11.3 Å². The molecule has 1 heterocycles. The number of nitriles is 1. The third-order valence-corrected chi connectivity index (χ3v) is 3.74. The molecule has 4 heteroatoms. The third kappa shape index (κ3) is 3.82. The molecule has 2 aromatic rings. The first-order chi connectivity index (χ1) is 9.33. The molecule has 1 aromatic carbocycles. The number of hydrogen-bond donors (Lipinski definition) is 1. The van der Waals surface area contributed by atoms with Crippen molar-refractivity contribution in [2.24, 2.45) is 0 Å². The van der Waals surface area contributed by atoms with Crippen LogP contribution in [0.4, 0.5) is 0 Å². The number of thiophene rings is 1. The first-order valence-corrected chi connectivity index (χ1v) is 7.06. The molecule has 0 amide bonds. The van der Waals surface area contributed by atoms with E-state index in [2.05, 4.69) is 22.8 Å². The van der Waals surface area contributed by atoms with Crippen LogP contribution in [0.3, 0.4) is 0 Å². The second kappa shape index (κ2) is 6.93. The van der Waals surface area contributed by atoms with Crippen molar-refractivity contribution >= 4 is 11.3 Å². The Kier molecular flexibility index (Phi) is 4.96. The van der Waals surface area contributed by atoms with Gasteiger partial charge in [0, 0.05) is 11.3 Å². The van der Waals surface area contributed by atoms with E-state index in [9.17, 15) is 0 Å². The summed E-state index contributed by atoms with van der Waals surface area (Å²) >= 11 is 1.70. The van der Waals surface area contributed by atoms with Crippen molar-refractivity contribution in [1.29, 1.82) is 5.26 Å². The molecule has 2 rings (SSSR count). The molecule has 19 heavy (non-hydrogen) atoms. The second-order valence-corrected chi connectivity index (χ2v) is 5.13. The molecule has 0 radical (unpaired) electrons. The molecule has 1 aromatic heterocycles. The predicted octanol–water partition coefficient (Wildman–Crippen LogP) is 3.35. The fourth-order valence-corrected chi connectivity index (χ4v) is 2.57. The van der Waals surface area contributed by atoms with Crippen LogP contribution in [-0.4, -0.2) is 13.6 Å². The largest absolute Gasteiger partial charge is 0.485 e. The number of ether oxygens (including phenoxy) is 1. The van der Waals surface area contributed by atoms with Crippen LogP contribution in [0.1, 0.15) is 23.0 Å². The quantitative estimate of drug-likeness (QED) is 0.877. The first kappa shape index (κ1) is 13.6. The van der Waals surface area contributed by atoms with E-state index in [0.29, 0.717) is 5.56 Å². The van der Waals surface area contributed by atoms with Gasteiger partial charge in [0.2, 0.25) is 0 Å². The number of hydrogen-bond acceptors (Lipinski definition) is 4. The highest BCUT2D eigenvalue weighted by Crippen LogP contribution is 2.27. The smallest absolute Gasteiger partial charge is 0.134 e. The standard InChI is InChI=1S/C15H16N2OS/c1-17-9-8-14(15-3-2-10-19-15)18-13-6-4-12(11-16)5-7-13/h2-7,10,14,17H,8-9H2,1H3. The van der Waals surface area contributed by atoms with E-state index in [1.165, 1.54) is 4.88 Å². The number of benzene rings is 1. The summed E-state index contributed by atoms with van der Waals surface area (Å²) in [5.74, 6) is 0.800. The highest BCUT2D eigenvalue weighted by atomic mass is 32.1. The van der Waals surface area contributed by atoms with E-state index in [4.69, 9.17) is 10.00 Å². The zero-order chi connectivity index (χ0) is 13.5. The number of nitrogens with zero attached hydrogens (tertiary/aromatic N) is 1. The molecule has 1 N–H and O–H groups in total. The summed E-state index contributed by atoms with van der Waals surface area (Å²) in [4.78, 5) is 1.22. The molecule has 0 saturated carbocycles. The zero-order valence-corrected chi connectivity index (χ0v) is 11.6. The molecule has 0 fully saturated rings. The van der Waals surface area contributed by atoms with E-state index in [1.807, 2.05) is 25.2 Å². The normalized spacial score (nSPS) is 11.8. The van der Waals surface area contributed by atoms with Crippen molar-refractivity contribution in [2.75, 3.05) is 13.6 Å². The molecule has 98 valence electrons. The van der Waals surface area contributed by atoms with Gasteiger partial charge in [-0.25, -0.2) is 0 Å². The van der Waals surface area contributed by atoms with Crippen molar-refractivity contribution in [3.8, 4) is 11.8 Å². The fourth-order valence-electron chi connectivity index (χ4n) is 1.78. The highest BCUT2D eigenvalue weighted by Gasteiger charge is 2.14. The van der Waals surface area contributed by atoms with Crippen molar-refractivity contribution in [3.05, 3.63) is 52.2 Å². The van der Waals surface area contributed by atoms with Gasteiger partial charge < -0.3 is 10.1 Å². The Balaban J connectivity index is 2.08. The minimum atomic E-state index is 0.0559. The lowest BCUT2D eigenvalue weighted by Crippen LogP contribution is -2.15. The van der Waals surface area contributed by atoms with Crippen molar-refractivity contribution in [3.63, 3.8) is 0 Å². The van der Waals surface area contributed by atoms with Crippen LogP contribution < -0.4 is 10.1 Å². The Hall–Kier alpha value is -1.83. The predicted molar refractivity (Wildman–Crippen MR) is 77.4 cm³/mol. The number of nitrogens with one attached hydrogen (secondary N) is 1. The Morgan fingerprint density at radius 1 is 1.32 bits per heavy atom. The van der Waals surface area contributed by atoms with Crippen LogP contribution in [0.15, 0.2) is 41.8 Å². The highest BCUT2D eigenvalue weighted by molar-refractivity contribution is 7.10. The Morgan fingerprint density at radius 2 is 2.11 bits per heavy atom. The summed E-state index contributed by atoms with van der Waals surface area (Å²) in [6, 6.07) is 13.5. The molecular formula is C15H16N2OS. The summed E-state index contributed by atoms with van der Waals surface area (Å²) in [5.41, 5.74) is 0.648. The topological polar surface area (TPSA) is 45.0 Å². The summed E-state index contributed by atoms with van der Waals surface area (Å²) in [6.45, 7) is 0.902. The van der Waals surface area contributed by atoms with Gasteiger partial charge in [-0.05, 0) is 49.3 Å². The third-order valence-electron chi connectivity index (χ3n) is 2.78. The lowest BCUT2D eigenvalue weighted by atomic mass is 10.2.